The maximum atomic E-state index is 4.59. The highest BCUT2D eigenvalue weighted by Crippen LogP contribution is 2.24. The van der Waals surface area contributed by atoms with E-state index in [0.717, 1.165) is 17.1 Å². The van der Waals surface area contributed by atoms with Crippen LogP contribution >= 0.6 is 15.9 Å². The van der Waals surface area contributed by atoms with Crippen molar-refractivity contribution >= 4 is 21.7 Å². The molecule has 2 aliphatic rings. The van der Waals surface area contributed by atoms with E-state index in [0.29, 0.717) is 0 Å². The Morgan fingerprint density at radius 1 is 1.10 bits per heavy atom. The number of anilines is 1. The monoisotopic (exact) mass is 337 g/mol. The molecular weight excluding hydrogens is 314 g/mol. The van der Waals surface area contributed by atoms with Crippen molar-refractivity contribution in [2.75, 3.05) is 37.6 Å². The Bertz CT molecular complexity index is 406. The molecule has 0 saturated carbocycles. The van der Waals surface area contributed by atoms with Gasteiger partial charge in [-0.2, -0.15) is 0 Å². The van der Waals surface area contributed by atoms with Gasteiger partial charge in [0.15, 0.2) is 0 Å². The van der Waals surface area contributed by atoms with Gasteiger partial charge in [0.05, 0.1) is 0 Å². The van der Waals surface area contributed by atoms with Crippen molar-refractivity contribution in [1.29, 1.82) is 0 Å². The smallest absolute Gasteiger partial charge is 0.128 e. The van der Waals surface area contributed by atoms with E-state index in [1.54, 1.807) is 0 Å². The second kappa shape index (κ2) is 6.90. The molecule has 110 valence electrons. The van der Waals surface area contributed by atoms with Gasteiger partial charge in [-0.15, -0.1) is 0 Å². The SMILES string of the molecule is BrCc1ccc(N2CCC(CN3CCCC3)CC2)nc1. The third-order valence-corrected chi connectivity index (χ3v) is 5.26. The number of nitrogens with zero attached hydrogens (tertiary/aromatic N) is 3. The fraction of sp³-hybridized carbons (Fsp3) is 0.688. The van der Waals surface area contributed by atoms with Crippen LogP contribution in [0, 0.1) is 5.92 Å². The van der Waals surface area contributed by atoms with Crippen molar-refractivity contribution in [3.05, 3.63) is 23.9 Å². The molecule has 0 atom stereocenters. The van der Waals surface area contributed by atoms with Crippen molar-refractivity contribution in [2.45, 2.75) is 31.0 Å². The van der Waals surface area contributed by atoms with Crippen LogP contribution in [0.25, 0.3) is 0 Å². The lowest BCUT2D eigenvalue weighted by Gasteiger charge is -2.34. The van der Waals surface area contributed by atoms with Crippen molar-refractivity contribution in [1.82, 2.24) is 9.88 Å². The van der Waals surface area contributed by atoms with Crippen LogP contribution < -0.4 is 4.90 Å². The van der Waals surface area contributed by atoms with Gasteiger partial charge in [-0.3, -0.25) is 0 Å². The summed E-state index contributed by atoms with van der Waals surface area (Å²) >= 11 is 3.47. The van der Waals surface area contributed by atoms with Crippen LogP contribution in [0.2, 0.25) is 0 Å². The van der Waals surface area contributed by atoms with E-state index in [9.17, 15) is 0 Å². The minimum Gasteiger partial charge on any atom is -0.357 e. The molecule has 0 aliphatic carbocycles. The Kier molecular flexibility index (Phi) is 4.94. The lowest BCUT2D eigenvalue weighted by Crippen LogP contribution is -2.38. The molecule has 2 saturated heterocycles. The van der Waals surface area contributed by atoms with Gasteiger partial charge in [0.25, 0.3) is 0 Å². The second-order valence-electron chi connectivity index (χ2n) is 6.10. The molecule has 4 heteroatoms. The van der Waals surface area contributed by atoms with Gasteiger partial charge in [0, 0.05) is 31.2 Å². The first-order valence-electron chi connectivity index (χ1n) is 7.83. The van der Waals surface area contributed by atoms with E-state index >= 15 is 0 Å². The first-order chi connectivity index (χ1) is 9.85. The van der Waals surface area contributed by atoms with E-state index in [1.807, 2.05) is 6.20 Å². The Morgan fingerprint density at radius 2 is 1.85 bits per heavy atom. The van der Waals surface area contributed by atoms with E-state index < -0.39 is 0 Å². The summed E-state index contributed by atoms with van der Waals surface area (Å²) in [6.07, 6.45) is 7.43. The van der Waals surface area contributed by atoms with Crippen LogP contribution in [-0.2, 0) is 5.33 Å². The highest BCUT2D eigenvalue weighted by Gasteiger charge is 2.23. The topological polar surface area (TPSA) is 19.4 Å². The zero-order chi connectivity index (χ0) is 13.8. The van der Waals surface area contributed by atoms with Crippen LogP contribution in [0.3, 0.4) is 0 Å². The number of likely N-dealkylation sites (tertiary alicyclic amines) is 1. The number of pyridine rings is 1. The van der Waals surface area contributed by atoms with Crippen molar-refractivity contribution in [2.24, 2.45) is 5.92 Å². The summed E-state index contributed by atoms with van der Waals surface area (Å²) in [5.74, 6) is 2.04. The fourth-order valence-electron chi connectivity index (χ4n) is 3.36. The summed E-state index contributed by atoms with van der Waals surface area (Å²) in [4.78, 5) is 9.69. The predicted molar refractivity (Wildman–Crippen MR) is 87.5 cm³/mol. The number of rotatable bonds is 4. The van der Waals surface area contributed by atoms with Crippen LogP contribution in [0.15, 0.2) is 18.3 Å². The third-order valence-electron chi connectivity index (χ3n) is 4.62. The van der Waals surface area contributed by atoms with E-state index in [-0.39, 0.29) is 0 Å². The zero-order valence-electron chi connectivity index (χ0n) is 12.1. The Morgan fingerprint density at radius 3 is 2.45 bits per heavy atom. The first-order valence-corrected chi connectivity index (χ1v) is 8.95. The van der Waals surface area contributed by atoms with Crippen molar-refractivity contribution in [3.63, 3.8) is 0 Å². The summed E-state index contributed by atoms with van der Waals surface area (Å²) in [7, 11) is 0. The summed E-state index contributed by atoms with van der Waals surface area (Å²) in [6.45, 7) is 6.31. The lowest BCUT2D eigenvalue weighted by atomic mass is 9.96. The fourth-order valence-corrected chi connectivity index (χ4v) is 3.69. The Balaban J connectivity index is 1.49. The van der Waals surface area contributed by atoms with Crippen molar-refractivity contribution in [3.8, 4) is 0 Å². The molecular formula is C16H24BrN3. The first kappa shape index (κ1) is 14.3. The van der Waals surface area contributed by atoms with Gasteiger partial charge >= 0.3 is 0 Å². The van der Waals surface area contributed by atoms with E-state index in [1.165, 1.54) is 64.0 Å². The summed E-state index contributed by atoms with van der Waals surface area (Å²) in [5.41, 5.74) is 1.25. The maximum absolute atomic E-state index is 4.59. The standard InChI is InChI=1S/C16H24BrN3/c17-11-15-3-4-16(18-12-15)20-9-5-14(6-10-20)13-19-7-1-2-8-19/h3-4,12,14H,1-2,5-11,13H2. The average molecular weight is 338 g/mol. The molecule has 1 aromatic heterocycles. The summed E-state index contributed by atoms with van der Waals surface area (Å²) < 4.78 is 0. The molecule has 0 aromatic carbocycles. The summed E-state index contributed by atoms with van der Waals surface area (Å²) in [5, 5.41) is 0.887. The van der Waals surface area contributed by atoms with Gasteiger partial charge in [-0.1, -0.05) is 22.0 Å². The van der Waals surface area contributed by atoms with Gasteiger partial charge in [0.2, 0.25) is 0 Å². The molecule has 0 radical (unpaired) electrons. The van der Waals surface area contributed by atoms with Gasteiger partial charge in [0.1, 0.15) is 5.82 Å². The zero-order valence-corrected chi connectivity index (χ0v) is 13.7. The number of piperidine rings is 1. The molecule has 0 bridgehead atoms. The predicted octanol–water partition coefficient (Wildman–Crippen LogP) is 3.29. The van der Waals surface area contributed by atoms with Gasteiger partial charge in [-0.25, -0.2) is 4.98 Å². The van der Waals surface area contributed by atoms with Crippen LogP contribution in [0.4, 0.5) is 5.82 Å². The molecule has 20 heavy (non-hydrogen) atoms. The third kappa shape index (κ3) is 3.53. The number of alkyl halides is 1. The van der Waals surface area contributed by atoms with Crippen molar-refractivity contribution < 1.29 is 0 Å². The molecule has 2 fully saturated rings. The highest BCUT2D eigenvalue weighted by molar-refractivity contribution is 9.08. The minimum atomic E-state index is 0.887. The molecule has 3 rings (SSSR count). The molecule has 3 nitrogen and oxygen atoms in total. The molecule has 0 unspecified atom stereocenters. The average Bonchev–Trinajstić information content (AvgIpc) is 3.01. The molecule has 0 amide bonds. The molecule has 2 aliphatic heterocycles. The largest absolute Gasteiger partial charge is 0.357 e. The second-order valence-corrected chi connectivity index (χ2v) is 6.66. The van der Waals surface area contributed by atoms with Crippen LogP contribution in [0.1, 0.15) is 31.2 Å². The van der Waals surface area contributed by atoms with Gasteiger partial charge < -0.3 is 9.80 Å². The molecule has 3 heterocycles. The van der Waals surface area contributed by atoms with Crippen LogP contribution in [0.5, 0.6) is 0 Å². The number of halogens is 1. The number of aromatic nitrogens is 1. The highest BCUT2D eigenvalue weighted by atomic mass is 79.9. The lowest BCUT2D eigenvalue weighted by molar-refractivity contribution is 0.249. The van der Waals surface area contributed by atoms with Crippen LogP contribution in [-0.4, -0.2) is 42.6 Å². The summed E-state index contributed by atoms with van der Waals surface area (Å²) in [6, 6.07) is 4.34. The van der Waals surface area contributed by atoms with Gasteiger partial charge in [-0.05, 0) is 56.3 Å². The normalized spacial score (nSPS) is 21.6. The molecule has 1 aromatic rings. The molecule has 0 spiro atoms. The molecule has 0 N–H and O–H groups in total. The Labute approximate surface area is 130 Å². The Hall–Kier alpha value is -0.610. The number of hydrogen-bond acceptors (Lipinski definition) is 3. The maximum Gasteiger partial charge on any atom is 0.128 e. The minimum absolute atomic E-state index is 0.887. The van der Waals surface area contributed by atoms with E-state index in [4.69, 9.17) is 0 Å². The van der Waals surface area contributed by atoms with E-state index in [2.05, 4.69) is 42.8 Å². The number of hydrogen-bond donors (Lipinski definition) is 0. The quantitative estimate of drug-likeness (QED) is 0.786.